The van der Waals surface area contributed by atoms with Crippen molar-refractivity contribution in [3.63, 3.8) is 0 Å². The normalized spacial score (nSPS) is 14.6. The average Bonchev–Trinajstić information content (AvgIpc) is 2.42. The Hall–Kier alpha value is -1.94. The highest BCUT2D eigenvalue weighted by Crippen LogP contribution is 2.45. The molecule has 4 unspecified atom stereocenters. The SMILES string of the molecule is CCCCCCCCCCCCCCCCCCC(=O)OC[C@H](COP(=O)(O)OC[C@@H](O)COP(=O)(O)OC[C@@H](COC(=O)CCCCCCCCC(C)CC)OC(=O)CCCCCCCCCCC(C)CC)OC(=O)CCCCCCCCCCCCCCCCCC(C)C. The quantitative estimate of drug-likeness (QED) is 0.0222. The monoisotopic (exact) mass is 1410 g/mol. The van der Waals surface area contributed by atoms with Crippen molar-refractivity contribution in [2.24, 2.45) is 17.8 Å². The molecule has 0 rings (SSSR count). The molecule has 0 fully saturated rings. The fourth-order valence-corrected chi connectivity index (χ4v) is 13.3. The lowest BCUT2D eigenvalue weighted by atomic mass is 9.99. The van der Waals surface area contributed by atoms with E-state index in [-0.39, 0.29) is 25.7 Å². The van der Waals surface area contributed by atoms with Gasteiger partial charge in [-0.2, -0.15) is 0 Å². The Bertz CT molecular complexity index is 1870. The van der Waals surface area contributed by atoms with E-state index in [4.69, 9.17) is 37.0 Å². The number of hydrogen-bond acceptors (Lipinski definition) is 15. The van der Waals surface area contributed by atoms with Gasteiger partial charge in [-0.3, -0.25) is 37.3 Å². The van der Waals surface area contributed by atoms with Gasteiger partial charge in [-0.1, -0.05) is 344 Å². The Morgan fingerprint density at radius 3 is 0.792 bits per heavy atom. The van der Waals surface area contributed by atoms with Crippen molar-refractivity contribution in [3.8, 4) is 0 Å². The number of aliphatic hydroxyl groups excluding tert-OH is 1. The van der Waals surface area contributed by atoms with Gasteiger partial charge in [0.15, 0.2) is 12.2 Å². The Labute approximate surface area is 588 Å². The fourth-order valence-electron chi connectivity index (χ4n) is 11.7. The number of aliphatic hydroxyl groups is 1. The van der Waals surface area contributed by atoms with Gasteiger partial charge in [-0.25, -0.2) is 9.13 Å². The largest absolute Gasteiger partial charge is 0.472 e. The molecule has 0 radical (unpaired) electrons. The van der Waals surface area contributed by atoms with Crippen molar-refractivity contribution in [1.29, 1.82) is 0 Å². The van der Waals surface area contributed by atoms with Crippen LogP contribution in [0.1, 0.15) is 395 Å². The Morgan fingerprint density at radius 1 is 0.302 bits per heavy atom. The van der Waals surface area contributed by atoms with Gasteiger partial charge in [0.2, 0.25) is 0 Å². The van der Waals surface area contributed by atoms with Crippen molar-refractivity contribution in [3.05, 3.63) is 0 Å². The Kier molecular flexibility index (Phi) is 66.2. The van der Waals surface area contributed by atoms with Crippen LogP contribution in [0.25, 0.3) is 0 Å². The third-order valence-corrected chi connectivity index (χ3v) is 20.5. The van der Waals surface area contributed by atoms with E-state index < -0.39 is 97.5 Å². The minimum atomic E-state index is -4.96. The summed E-state index contributed by atoms with van der Waals surface area (Å²) in [4.78, 5) is 72.9. The van der Waals surface area contributed by atoms with Crippen molar-refractivity contribution < 1.29 is 80.2 Å². The summed E-state index contributed by atoms with van der Waals surface area (Å²) >= 11 is 0. The molecule has 0 heterocycles. The van der Waals surface area contributed by atoms with E-state index in [0.29, 0.717) is 25.7 Å². The van der Waals surface area contributed by atoms with Gasteiger partial charge in [-0.05, 0) is 43.4 Å². The van der Waals surface area contributed by atoms with Crippen molar-refractivity contribution in [2.75, 3.05) is 39.6 Å². The van der Waals surface area contributed by atoms with Gasteiger partial charge in [0.25, 0.3) is 0 Å². The summed E-state index contributed by atoms with van der Waals surface area (Å²) in [5.74, 6) is 0.185. The van der Waals surface area contributed by atoms with Crippen LogP contribution in [-0.2, 0) is 65.4 Å². The van der Waals surface area contributed by atoms with Gasteiger partial charge in [-0.15, -0.1) is 0 Å². The molecule has 19 heteroatoms. The molecule has 17 nitrogen and oxygen atoms in total. The molecular formula is C77H150O17P2. The molecule has 0 saturated carbocycles. The van der Waals surface area contributed by atoms with Gasteiger partial charge in [0.05, 0.1) is 26.4 Å². The zero-order valence-corrected chi connectivity index (χ0v) is 64.6. The van der Waals surface area contributed by atoms with Gasteiger partial charge in [0.1, 0.15) is 19.3 Å². The summed E-state index contributed by atoms with van der Waals surface area (Å²) < 4.78 is 68.6. The number of carbonyl (C=O) groups is 4. The first-order chi connectivity index (χ1) is 46.3. The molecule has 0 aromatic rings. The summed E-state index contributed by atoms with van der Waals surface area (Å²) in [7, 11) is -9.91. The number of rotatable bonds is 75. The first-order valence-corrected chi connectivity index (χ1v) is 42.9. The molecule has 0 saturated heterocycles. The first kappa shape index (κ1) is 94.1. The second-order valence-corrected chi connectivity index (χ2v) is 31.6. The van der Waals surface area contributed by atoms with Crippen molar-refractivity contribution in [1.82, 2.24) is 0 Å². The molecule has 7 atom stereocenters. The molecule has 0 spiro atoms. The molecule has 0 aliphatic rings. The maximum atomic E-state index is 13.1. The molecule has 0 amide bonds. The molecule has 96 heavy (non-hydrogen) atoms. The second kappa shape index (κ2) is 67.5. The highest BCUT2D eigenvalue weighted by Gasteiger charge is 2.30. The van der Waals surface area contributed by atoms with Crippen LogP contribution in [0.15, 0.2) is 0 Å². The standard InChI is InChI=1S/C77H150O17P2/c1-8-11-12-13-14-15-16-17-18-21-24-27-30-36-44-51-58-74(79)87-64-72(93-76(81)60-53-46-37-31-28-25-22-19-20-23-26-29-34-41-48-55-68(4)5)66-91-95(83,84)89-62-71(78)63-90-96(85,86)92-67-73(65-88-75(80)59-52-45-40-39-43-50-57-70(7)10-3)94-77(82)61-54-47-38-33-32-35-42-49-56-69(6)9-2/h68-73,78H,8-67H2,1-7H3,(H,83,84)(H,85,86)/t69?,70?,71-,72-,73-/m1/s1. The smallest absolute Gasteiger partial charge is 0.462 e. The van der Waals surface area contributed by atoms with E-state index in [1.807, 2.05) is 0 Å². The lowest BCUT2D eigenvalue weighted by Gasteiger charge is -2.21. The lowest BCUT2D eigenvalue weighted by molar-refractivity contribution is -0.161. The van der Waals surface area contributed by atoms with Crippen LogP contribution in [0.4, 0.5) is 0 Å². The summed E-state index contributed by atoms with van der Waals surface area (Å²) in [6.07, 6.45) is 54.1. The number of carbonyl (C=O) groups excluding carboxylic acids is 4. The highest BCUT2D eigenvalue weighted by atomic mass is 31.2. The lowest BCUT2D eigenvalue weighted by Crippen LogP contribution is -2.30. The molecule has 0 bridgehead atoms. The minimum absolute atomic E-state index is 0.104. The van der Waals surface area contributed by atoms with Crippen LogP contribution in [-0.4, -0.2) is 96.7 Å². The van der Waals surface area contributed by atoms with Gasteiger partial charge >= 0.3 is 39.5 Å². The Morgan fingerprint density at radius 2 is 0.531 bits per heavy atom. The topological polar surface area (TPSA) is 237 Å². The third-order valence-electron chi connectivity index (χ3n) is 18.6. The summed E-state index contributed by atoms with van der Waals surface area (Å²) in [6, 6.07) is 0. The number of hydrogen-bond donors (Lipinski definition) is 3. The molecule has 0 aromatic heterocycles. The van der Waals surface area contributed by atoms with E-state index >= 15 is 0 Å². The van der Waals surface area contributed by atoms with Gasteiger partial charge < -0.3 is 33.8 Å². The second-order valence-electron chi connectivity index (χ2n) is 28.7. The molecule has 0 aliphatic carbocycles. The maximum absolute atomic E-state index is 13.1. The third kappa shape index (κ3) is 67.9. The van der Waals surface area contributed by atoms with Crippen molar-refractivity contribution in [2.45, 2.75) is 414 Å². The zero-order valence-electron chi connectivity index (χ0n) is 62.8. The Balaban J connectivity index is 5.25. The van der Waals surface area contributed by atoms with E-state index in [0.717, 1.165) is 114 Å². The number of esters is 4. The predicted molar refractivity (Wildman–Crippen MR) is 391 cm³/mol. The summed E-state index contributed by atoms with van der Waals surface area (Å²) in [5, 5.41) is 10.6. The van der Waals surface area contributed by atoms with Crippen LogP contribution in [0, 0.1) is 17.8 Å². The molecule has 0 aromatic carbocycles. The van der Waals surface area contributed by atoms with Crippen LogP contribution in [0.5, 0.6) is 0 Å². The predicted octanol–water partition coefficient (Wildman–Crippen LogP) is 22.6. The zero-order chi connectivity index (χ0) is 70.9. The summed E-state index contributed by atoms with van der Waals surface area (Å²) in [5.41, 5.74) is 0. The molecular weight excluding hydrogens is 1260 g/mol. The van der Waals surface area contributed by atoms with E-state index in [2.05, 4.69) is 48.5 Å². The maximum Gasteiger partial charge on any atom is 0.472 e. The van der Waals surface area contributed by atoms with Crippen LogP contribution in [0.2, 0.25) is 0 Å². The highest BCUT2D eigenvalue weighted by molar-refractivity contribution is 7.47. The number of phosphoric acid groups is 2. The number of unbranched alkanes of at least 4 members (excludes halogenated alkanes) is 41. The van der Waals surface area contributed by atoms with Crippen LogP contribution in [0.3, 0.4) is 0 Å². The molecule has 570 valence electrons. The molecule has 0 aliphatic heterocycles. The summed E-state index contributed by atoms with van der Waals surface area (Å²) in [6.45, 7) is 11.9. The fraction of sp³-hybridized carbons (Fsp3) is 0.948. The van der Waals surface area contributed by atoms with Crippen LogP contribution >= 0.6 is 15.6 Å². The first-order valence-electron chi connectivity index (χ1n) is 39.9. The number of ether oxygens (including phenoxy) is 4. The minimum Gasteiger partial charge on any atom is -0.462 e. The van der Waals surface area contributed by atoms with E-state index in [1.165, 1.54) is 199 Å². The number of phosphoric ester groups is 2. The average molecular weight is 1410 g/mol. The van der Waals surface area contributed by atoms with E-state index in [1.54, 1.807) is 0 Å². The van der Waals surface area contributed by atoms with Gasteiger partial charge in [0, 0.05) is 25.7 Å². The van der Waals surface area contributed by atoms with E-state index in [9.17, 15) is 43.2 Å². The molecule has 3 N–H and O–H groups in total. The van der Waals surface area contributed by atoms with Crippen LogP contribution < -0.4 is 0 Å². The van der Waals surface area contributed by atoms with Crippen molar-refractivity contribution >= 4 is 39.5 Å².